The van der Waals surface area contributed by atoms with Gasteiger partial charge in [-0.05, 0) is 43.5 Å². The van der Waals surface area contributed by atoms with Crippen molar-refractivity contribution in [3.63, 3.8) is 0 Å². The molecular formula is C13H19NO2. The monoisotopic (exact) mass is 221 g/mol. The summed E-state index contributed by atoms with van der Waals surface area (Å²) in [6.45, 7) is 0. The van der Waals surface area contributed by atoms with Crippen molar-refractivity contribution in [3.05, 3.63) is 24.3 Å². The number of ether oxygens (including phenoxy) is 2. The van der Waals surface area contributed by atoms with Crippen LogP contribution in [-0.2, 0) is 0 Å². The van der Waals surface area contributed by atoms with E-state index in [0.717, 1.165) is 24.3 Å². The maximum absolute atomic E-state index is 6.03. The third-order valence-corrected chi connectivity index (χ3v) is 3.10. The highest BCUT2D eigenvalue weighted by Crippen LogP contribution is 2.24. The highest BCUT2D eigenvalue weighted by atomic mass is 16.5. The molecule has 16 heavy (non-hydrogen) atoms. The van der Waals surface area contributed by atoms with Gasteiger partial charge in [-0.2, -0.15) is 0 Å². The van der Waals surface area contributed by atoms with E-state index in [-0.39, 0.29) is 12.1 Å². The van der Waals surface area contributed by atoms with Gasteiger partial charge in [-0.1, -0.05) is 6.42 Å². The van der Waals surface area contributed by atoms with Gasteiger partial charge in [0, 0.05) is 6.04 Å². The van der Waals surface area contributed by atoms with Gasteiger partial charge in [-0.15, -0.1) is 0 Å². The molecule has 1 fully saturated rings. The first-order valence-electron chi connectivity index (χ1n) is 5.86. The predicted molar refractivity (Wildman–Crippen MR) is 63.9 cm³/mol. The molecule has 2 unspecified atom stereocenters. The minimum atomic E-state index is 0.169. The van der Waals surface area contributed by atoms with Crippen LogP contribution in [0.15, 0.2) is 24.3 Å². The first-order valence-corrected chi connectivity index (χ1v) is 5.86. The van der Waals surface area contributed by atoms with Crippen molar-refractivity contribution in [1.82, 2.24) is 0 Å². The van der Waals surface area contributed by atoms with Crippen LogP contribution in [0.4, 0.5) is 0 Å². The Kier molecular flexibility index (Phi) is 3.67. The lowest BCUT2D eigenvalue weighted by Crippen LogP contribution is -2.41. The maximum Gasteiger partial charge on any atom is 0.120 e. The number of rotatable bonds is 3. The minimum absolute atomic E-state index is 0.169. The van der Waals surface area contributed by atoms with Crippen molar-refractivity contribution in [2.24, 2.45) is 5.73 Å². The molecule has 1 aliphatic rings. The molecule has 0 aliphatic heterocycles. The van der Waals surface area contributed by atoms with Gasteiger partial charge in [-0.3, -0.25) is 0 Å². The van der Waals surface area contributed by atoms with Crippen LogP contribution in [0.5, 0.6) is 11.5 Å². The van der Waals surface area contributed by atoms with Crippen molar-refractivity contribution in [2.75, 3.05) is 7.11 Å². The molecule has 0 bridgehead atoms. The summed E-state index contributed by atoms with van der Waals surface area (Å²) in [7, 11) is 1.66. The first-order chi connectivity index (χ1) is 7.79. The quantitative estimate of drug-likeness (QED) is 0.852. The number of hydrogen-bond donors (Lipinski definition) is 1. The largest absolute Gasteiger partial charge is 0.497 e. The van der Waals surface area contributed by atoms with E-state index in [4.69, 9.17) is 15.2 Å². The summed E-state index contributed by atoms with van der Waals surface area (Å²) in [5.74, 6) is 1.73. The summed E-state index contributed by atoms with van der Waals surface area (Å²) in [6, 6.07) is 7.85. The van der Waals surface area contributed by atoms with E-state index in [0.29, 0.717) is 0 Å². The normalized spacial score (nSPS) is 25.1. The highest BCUT2D eigenvalue weighted by molar-refractivity contribution is 5.31. The molecule has 3 nitrogen and oxygen atoms in total. The molecule has 0 spiro atoms. The van der Waals surface area contributed by atoms with Gasteiger partial charge in [0.05, 0.1) is 7.11 Å². The van der Waals surface area contributed by atoms with Crippen LogP contribution in [0.2, 0.25) is 0 Å². The highest BCUT2D eigenvalue weighted by Gasteiger charge is 2.23. The molecule has 1 saturated carbocycles. The van der Waals surface area contributed by atoms with Gasteiger partial charge < -0.3 is 15.2 Å². The van der Waals surface area contributed by atoms with E-state index >= 15 is 0 Å². The summed E-state index contributed by atoms with van der Waals surface area (Å²) >= 11 is 0. The Bertz CT molecular complexity index is 323. The number of hydrogen-bond acceptors (Lipinski definition) is 3. The Morgan fingerprint density at radius 1 is 1.06 bits per heavy atom. The number of nitrogens with two attached hydrogens (primary N) is 1. The number of benzene rings is 1. The summed E-state index contributed by atoms with van der Waals surface area (Å²) in [5.41, 5.74) is 6.03. The minimum Gasteiger partial charge on any atom is -0.497 e. The topological polar surface area (TPSA) is 44.5 Å². The van der Waals surface area contributed by atoms with Crippen molar-refractivity contribution < 1.29 is 9.47 Å². The van der Waals surface area contributed by atoms with Crippen LogP contribution in [0, 0.1) is 0 Å². The van der Waals surface area contributed by atoms with Gasteiger partial charge in [-0.25, -0.2) is 0 Å². The molecule has 0 radical (unpaired) electrons. The van der Waals surface area contributed by atoms with Gasteiger partial charge in [0.1, 0.15) is 17.6 Å². The second kappa shape index (κ2) is 5.21. The summed E-state index contributed by atoms with van der Waals surface area (Å²) in [6.07, 6.45) is 4.74. The van der Waals surface area contributed by atoms with Gasteiger partial charge >= 0.3 is 0 Å². The fraction of sp³-hybridized carbons (Fsp3) is 0.538. The molecular weight excluding hydrogens is 202 g/mol. The van der Waals surface area contributed by atoms with Crippen LogP contribution in [0.3, 0.4) is 0 Å². The molecule has 2 rings (SSSR count). The summed E-state index contributed by atoms with van der Waals surface area (Å²) in [4.78, 5) is 0. The average Bonchev–Trinajstić information content (AvgIpc) is 2.33. The van der Waals surface area contributed by atoms with E-state index in [9.17, 15) is 0 Å². The fourth-order valence-electron chi connectivity index (χ4n) is 2.10. The molecule has 88 valence electrons. The Morgan fingerprint density at radius 3 is 2.31 bits per heavy atom. The summed E-state index contributed by atoms with van der Waals surface area (Å²) < 4.78 is 11.0. The SMILES string of the molecule is COc1ccc(OC2CCCCC2N)cc1. The third kappa shape index (κ3) is 2.67. The second-order valence-electron chi connectivity index (χ2n) is 4.28. The Labute approximate surface area is 96.5 Å². The number of methoxy groups -OCH3 is 1. The van der Waals surface area contributed by atoms with Crippen molar-refractivity contribution in [2.45, 2.75) is 37.8 Å². The zero-order valence-electron chi connectivity index (χ0n) is 9.69. The van der Waals surface area contributed by atoms with Crippen LogP contribution in [0.1, 0.15) is 25.7 Å². The maximum atomic E-state index is 6.03. The molecule has 3 heteroatoms. The molecule has 1 aromatic carbocycles. The van der Waals surface area contributed by atoms with Crippen LogP contribution in [-0.4, -0.2) is 19.3 Å². The van der Waals surface area contributed by atoms with Crippen molar-refractivity contribution in [1.29, 1.82) is 0 Å². The lowest BCUT2D eigenvalue weighted by molar-refractivity contribution is 0.132. The van der Waals surface area contributed by atoms with E-state index in [2.05, 4.69) is 0 Å². The fourth-order valence-corrected chi connectivity index (χ4v) is 2.10. The zero-order chi connectivity index (χ0) is 11.4. The summed E-state index contributed by atoms with van der Waals surface area (Å²) in [5, 5.41) is 0. The van der Waals surface area contributed by atoms with Gasteiger partial charge in [0.25, 0.3) is 0 Å². The van der Waals surface area contributed by atoms with Crippen molar-refractivity contribution in [3.8, 4) is 11.5 Å². The molecule has 0 heterocycles. The molecule has 2 atom stereocenters. The molecule has 2 N–H and O–H groups in total. The Hall–Kier alpha value is -1.22. The smallest absolute Gasteiger partial charge is 0.120 e. The van der Waals surface area contributed by atoms with E-state index < -0.39 is 0 Å². The molecule has 0 saturated heterocycles. The van der Waals surface area contributed by atoms with E-state index in [1.807, 2.05) is 24.3 Å². The third-order valence-electron chi connectivity index (χ3n) is 3.10. The lowest BCUT2D eigenvalue weighted by atomic mass is 9.93. The van der Waals surface area contributed by atoms with Gasteiger partial charge in [0.2, 0.25) is 0 Å². The molecule has 0 aromatic heterocycles. The van der Waals surface area contributed by atoms with Crippen molar-refractivity contribution >= 4 is 0 Å². The molecule has 0 amide bonds. The molecule has 1 aromatic rings. The van der Waals surface area contributed by atoms with Crippen LogP contribution in [0.25, 0.3) is 0 Å². The van der Waals surface area contributed by atoms with Crippen LogP contribution < -0.4 is 15.2 Å². The molecule has 1 aliphatic carbocycles. The first kappa shape index (κ1) is 11.3. The zero-order valence-corrected chi connectivity index (χ0v) is 9.69. The predicted octanol–water partition coefficient (Wildman–Crippen LogP) is 2.34. The second-order valence-corrected chi connectivity index (χ2v) is 4.28. The van der Waals surface area contributed by atoms with Crippen LogP contribution >= 0.6 is 0 Å². The lowest BCUT2D eigenvalue weighted by Gasteiger charge is -2.29. The van der Waals surface area contributed by atoms with E-state index in [1.165, 1.54) is 12.8 Å². The average molecular weight is 221 g/mol. The standard InChI is InChI=1S/C13H19NO2/c1-15-10-6-8-11(9-7-10)16-13-5-3-2-4-12(13)14/h6-9,12-13H,2-5,14H2,1H3. The Balaban J connectivity index is 1.96. The Morgan fingerprint density at radius 2 is 1.69 bits per heavy atom. The van der Waals surface area contributed by atoms with E-state index in [1.54, 1.807) is 7.11 Å². The van der Waals surface area contributed by atoms with Gasteiger partial charge in [0.15, 0.2) is 0 Å².